The number of carbonyl (C=O) groups is 1. The van der Waals surface area contributed by atoms with Gasteiger partial charge < -0.3 is 0 Å². The summed E-state index contributed by atoms with van der Waals surface area (Å²) in [5.74, 6) is 0.747. The number of ketones is 1. The maximum atomic E-state index is 11.9. The third-order valence-electron chi connectivity index (χ3n) is 3.68. The van der Waals surface area contributed by atoms with Gasteiger partial charge in [0.1, 0.15) is 5.78 Å². The van der Waals surface area contributed by atoms with Crippen LogP contribution in [0.1, 0.15) is 31.7 Å². The van der Waals surface area contributed by atoms with E-state index in [1.807, 2.05) is 0 Å². The first-order valence-electron chi connectivity index (χ1n) is 6.33. The van der Waals surface area contributed by atoms with Crippen LogP contribution in [0.25, 0.3) is 0 Å². The Morgan fingerprint density at radius 1 is 1.39 bits per heavy atom. The maximum absolute atomic E-state index is 11.9. The van der Waals surface area contributed by atoms with Crippen LogP contribution in [-0.2, 0) is 11.2 Å². The van der Waals surface area contributed by atoms with Crippen molar-refractivity contribution in [3.8, 4) is 0 Å². The lowest BCUT2D eigenvalue weighted by molar-refractivity contribution is -0.385. The largest absolute Gasteiger partial charge is 0.299 e. The summed E-state index contributed by atoms with van der Waals surface area (Å²) in [5, 5.41) is 10.9. The Balaban J connectivity index is 2.18. The molecule has 18 heavy (non-hydrogen) atoms. The second-order valence-corrected chi connectivity index (χ2v) is 5.13. The van der Waals surface area contributed by atoms with Crippen LogP contribution in [0.5, 0.6) is 0 Å². The molecule has 2 atom stereocenters. The average molecular weight is 247 g/mol. The van der Waals surface area contributed by atoms with Crippen LogP contribution in [0.15, 0.2) is 24.3 Å². The zero-order chi connectivity index (χ0) is 13.1. The summed E-state index contributed by atoms with van der Waals surface area (Å²) in [6, 6.07) is 6.71. The van der Waals surface area contributed by atoms with Crippen LogP contribution < -0.4 is 0 Å². The van der Waals surface area contributed by atoms with E-state index in [4.69, 9.17) is 0 Å². The maximum Gasteiger partial charge on any atom is 0.272 e. The van der Waals surface area contributed by atoms with E-state index in [1.54, 1.807) is 18.2 Å². The van der Waals surface area contributed by atoms with Gasteiger partial charge in [-0.3, -0.25) is 14.9 Å². The van der Waals surface area contributed by atoms with E-state index in [0.717, 1.165) is 12.8 Å². The second kappa shape index (κ2) is 5.29. The molecule has 2 rings (SSSR count). The molecule has 4 nitrogen and oxygen atoms in total. The molecule has 1 fully saturated rings. The molecule has 1 aromatic rings. The third kappa shape index (κ3) is 2.75. The number of nitro benzene ring substituents is 1. The molecule has 0 aliphatic heterocycles. The first-order valence-corrected chi connectivity index (χ1v) is 6.33. The van der Waals surface area contributed by atoms with Crippen molar-refractivity contribution >= 4 is 11.5 Å². The number of carbonyl (C=O) groups excluding carboxylic acids is 1. The fourth-order valence-corrected chi connectivity index (χ4v) is 2.65. The molecule has 1 aliphatic carbocycles. The quantitative estimate of drug-likeness (QED) is 0.609. The monoisotopic (exact) mass is 247 g/mol. The summed E-state index contributed by atoms with van der Waals surface area (Å²) >= 11 is 0. The Bertz CT molecular complexity index is 470. The van der Waals surface area contributed by atoms with Gasteiger partial charge in [0.2, 0.25) is 0 Å². The van der Waals surface area contributed by atoms with E-state index < -0.39 is 0 Å². The van der Waals surface area contributed by atoms with Crippen LogP contribution in [0.4, 0.5) is 5.69 Å². The molecule has 0 aromatic heterocycles. The molecular formula is C14H17NO3. The predicted molar refractivity (Wildman–Crippen MR) is 68.3 cm³/mol. The molecule has 0 radical (unpaired) electrons. The summed E-state index contributed by atoms with van der Waals surface area (Å²) in [4.78, 5) is 22.4. The first-order chi connectivity index (χ1) is 8.58. The number of nitro groups is 1. The van der Waals surface area contributed by atoms with Crippen molar-refractivity contribution in [2.45, 2.75) is 32.6 Å². The number of hydrogen-bond donors (Lipinski definition) is 0. The highest BCUT2D eigenvalue weighted by molar-refractivity contribution is 5.82. The Kier molecular flexibility index (Phi) is 3.75. The van der Waals surface area contributed by atoms with Crippen molar-refractivity contribution in [3.63, 3.8) is 0 Å². The Labute approximate surface area is 106 Å². The lowest BCUT2D eigenvalue weighted by atomic mass is 9.78. The van der Waals surface area contributed by atoms with Crippen LogP contribution in [-0.4, -0.2) is 10.7 Å². The molecule has 0 N–H and O–H groups in total. The van der Waals surface area contributed by atoms with Gasteiger partial charge in [0.15, 0.2) is 0 Å². The minimum Gasteiger partial charge on any atom is -0.299 e. The minimum atomic E-state index is -0.369. The number of benzene rings is 1. The van der Waals surface area contributed by atoms with Crippen molar-refractivity contribution in [1.29, 1.82) is 0 Å². The summed E-state index contributed by atoms with van der Waals surface area (Å²) in [6.07, 6.45) is 2.92. The van der Waals surface area contributed by atoms with Crippen LogP contribution >= 0.6 is 0 Å². The topological polar surface area (TPSA) is 60.2 Å². The van der Waals surface area contributed by atoms with Gasteiger partial charge in [0.05, 0.1) is 4.92 Å². The Morgan fingerprint density at radius 2 is 2.11 bits per heavy atom. The van der Waals surface area contributed by atoms with Crippen LogP contribution in [0.3, 0.4) is 0 Å². The van der Waals surface area contributed by atoms with Crippen LogP contribution in [0, 0.1) is 22.0 Å². The zero-order valence-electron chi connectivity index (χ0n) is 10.5. The van der Waals surface area contributed by atoms with E-state index in [-0.39, 0.29) is 22.3 Å². The van der Waals surface area contributed by atoms with Crippen molar-refractivity contribution in [2.24, 2.45) is 11.8 Å². The summed E-state index contributed by atoms with van der Waals surface area (Å²) < 4.78 is 0. The molecule has 0 amide bonds. The molecule has 0 bridgehead atoms. The lowest BCUT2D eigenvalue weighted by Crippen LogP contribution is -2.25. The standard InChI is InChI=1S/C14H17NO3/c1-10-6-7-14(16)12(8-10)9-11-4-2-3-5-13(11)15(17)18/h2-5,10,12H,6-9H2,1H3. The fraction of sp³-hybridized carbons (Fsp3) is 0.500. The molecule has 1 aromatic carbocycles. The third-order valence-corrected chi connectivity index (χ3v) is 3.68. The molecule has 0 saturated heterocycles. The van der Waals surface area contributed by atoms with Gasteiger partial charge in [-0.1, -0.05) is 25.1 Å². The molecule has 2 unspecified atom stereocenters. The zero-order valence-corrected chi connectivity index (χ0v) is 10.5. The number of para-hydroxylation sites is 1. The molecule has 4 heteroatoms. The normalized spacial score (nSPS) is 23.9. The number of nitrogens with zero attached hydrogens (tertiary/aromatic N) is 1. The van der Waals surface area contributed by atoms with E-state index in [2.05, 4.69) is 6.92 Å². The SMILES string of the molecule is CC1CCC(=O)C(Cc2ccccc2[N+](=O)[O-])C1. The van der Waals surface area contributed by atoms with Gasteiger partial charge in [-0.15, -0.1) is 0 Å². The Morgan fingerprint density at radius 3 is 2.83 bits per heavy atom. The molecule has 0 spiro atoms. The molecule has 1 aliphatic rings. The highest BCUT2D eigenvalue weighted by Crippen LogP contribution is 2.30. The number of Topliss-reactive ketones (excluding diaryl/α,β-unsaturated/α-hetero) is 1. The van der Waals surface area contributed by atoms with Gasteiger partial charge in [-0.05, 0) is 25.2 Å². The Hall–Kier alpha value is -1.71. The molecule has 96 valence electrons. The van der Waals surface area contributed by atoms with Gasteiger partial charge in [0.25, 0.3) is 5.69 Å². The van der Waals surface area contributed by atoms with Gasteiger partial charge in [-0.25, -0.2) is 0 Å². The van der Waals surface area contributed by atoms with E-state index in [0.29, 0.717) is 24.3 Å². The van der Waals surface area contributed by atoms with E-state index in [9.17, 15) is 14.9 Å². The van der Waals surface area contributed by atoms with Crippen molar-refractivity contribution < 1.29 is 9.72 Å². The lowest BCUT2D eigenvalue weighted by Gasteiger charge is -2.25. The van der Waals surface area contributed by atoms with Crippen molar-refractivity contribution in [1.82, 2.24) is 0 Å². The molecule has 1 saturated carbocycles. The molecular weight excluding hydrogens is 230 g/mol. The number of hydrogen-bond acceptors (Lipinski definition) is 3. The van der Waals surface area contributed by atoms with E-state index >= 15 is 0 Å². The smallest absolute Gasteiger partial charge is 0.272 e. The summed E-state index contributed by atoms with van der Waals surface area (Å²) in [6.45, 7) is 2.14. The first kappa shape index (κ1) is 12.7. The van der Waals surface area contributed by atoms with Crippen LogP contribution in [0.2, 0.25) is 0 Å². The number of rotatable bonds is 3. The predicted octanol–water partition coefficient (Wildman–Crippen LogP) is 3.14. The van der Waals surface area contributed by atoms with Gasteiger partial charge in [-0.2, -0.15) is 0 Å². The second-order valence-electron chi connectivity index (χ2n) is 5.13. The van der Waals surface area contributed by atoms with Crippen molar-refractivity contribution in [2.75, 3.05) is 0 Å². The average Bonchev–Trinajstić information content (AvgIpc) is 2.34. The molecule has 0 heterocycles. The van der Waals surface area contributed by atoms with Gasteiger partial charge >= 0.3 is 0 Å². The van der Waals surface area contributed by atoms with Gasteiger partial charge in [0, 0.05) is 24.0 Å². The summed E-state index contributed by atoms with van der Waals surface area (Å²) in [5.41, 5.74) is 0.804. The van der Waals surface area contributed by atoms with E-state index in [1.165, 1.54) is 6.07 Å². The summed E-state index contributed by atoms with van der Waals surface area (Å²) in [7, 11) is 0. The fourth-order valence-electron chi connectivity index (χ4n) is 2.65. The minimum absolute atomic E-state index is 0.0464. The highest BCUT2D eigenvalue weighted by Gasteiger charge is 2.28. The highest BCUT2D eigenvalue weighted by atomic mass is 16.6. The van der Waals surface area contributed by atoms with Crippen molar-refractivity contribution in [3.05, 3.63) is 39.9 Å².